The van der Waals surface area contributed by atoms with Gasteiger partial charge in [0.25, 0.3) is 0 Å². The predicted octanol–water partition coefficient (Wildman–Crippen LogP) is 2.27. The Balaban J connectivity index is 4.45. The molecule has 1 N–H and O–H groups in total. The summed E-state index contributed by atoms with van der Waals surface area (Å²) in [6.45, 7) is 1.56. The molecule has 0 spiro atoms. The van der Waals surface area contributed by atoms with Gasteiger partial charge in [0.1, 0.15) is 0 Å². The molecule has 2 atom stereocenters. The summed E-state index contributed by atoms with van der Waals surface area (Å²) in [7, 11) is -4.87. The van der Waals surface area contributed by atoms with E-state index >= 15 is 0 Å². The first-order valence-electron chi connectivity index (χ1n) is 4.42. The number of hydrogen-bond donors (Lipinski definition) is 1. The van der Waals surface area contributed by atoms with E-state index in [1.807, 2.05) is 0 Å². The van der Waals surface area contributed by atoms with Crippen molar-refractivity contribution in [1.82, 2.24) is 0 Å². The van der Waals surface area contributed by atoms with Crippen molar-refractivity contribution in [1.29, 1.82) is 0 Å². The van der Waals surface area contributed by atoms with Crippen LogP contribution in [0, 0.1) is 0 Å². The third kappa shape index (κ3) is 6.96. The summed E-state index contributed by atoms with van der Waals surface area (Å²) in [6.07, 6.45) is -10.7. The van der Waals surface area contributed by atoms with E-state index < -0.39 is 35.3 Å². The zero-order valence-electron chi connectivity index (χ0n) is 8.37. The summed E-state index contributed by atoms with van der Waals surface area (Å²) in [5, 5.41) is 0. The van der Waals surface area contributed by atoms with Crippen molar-refractivity contribution in [2.45, 2.75) is 44.6 Å². The molecule has 9 heteroatoms. The van der Waals surface area contributed by atoms with Crippen LogP contribution in [-0.4, -0.2) is 31.4 Å². The lowest BCUT2D eigenvalue weighted by Crippen LogP contribution is -2.31. The van der Waals surface area contributed by atoms with E-state index in [0.717, 1.165) is 0 Å². The summed E-state index contributed by atoms with van der Waals surface area (Å²) in [4.78, 5) is 0. The second kappa shape index (κ2) is 5.78. The van der Waals surface area contributed by atoms with Gasteiger partial charge in [-0.05, 0) is 6.42 Å². The van der Waals surface area contributed by atoms with E-state index in [2.05, 4.69) is 4.18 Å². The minimum Gasteiger partial charge on any atom is -0.264 e. The molecule has 16 heavy (non-hydrogen) atoms. The molecule has 2 unspecified atom stereocenters. The number of rotatable bonds is 6. The van der Waals surface area contributed by atoms with Crippen molar-refractivity contribution in [2.75, 3.05) is 0 Å². The van der Waals surface area contributed by atoms with Gasteiger partial charge in [-0.1, -0.05) is 13.3 Å². The van der Waals surface area contributed by atoms with E-state index in [1.165, 1.54) is 0 Å². The lowest BCUT2D eigenvalue weighted by molar-refractivity contribution is -0.186. The first-order valence-corrected chi connectivity index (χ1v) is 5.79. The second-order valence-corrected chi connectivity index (χ2v) is 4.23. The summed E-state index contributed by atoms with van der Waals surface area (Å²) in [5.41, 5.74) is 0. The van der Waals surface area contributed by atoms with Gasteiger partial charge < -0.3 is 0 Å². The highest BCUT2D eigenvalue weighted by Gasteiger charge is 2.42. The van der Waals surface area contributed by atoms with E-state index in [0.29, 0.717) is 6.42 Å². The lowest BCUT2D eigenvalue weighted by Gasteiger charge is -2.18. The number of alkyl halides is 4. The fourth-order valence-corrected chi connectivity index (χ4v) is 1.58. The summed E-state index contributed by atoms with van der Waals surface area (Å²) in [5.74, 6) is 0. The van der Waals surface area contributed by atoms with Gasteiger partial charge in [0.2, 0.25) is 0 Å². The van der Waals surface area contributed by atoms with Crippen LogP contribution in [0.3, 0.4) is 0 Å². The van der Waals surface area contributed by atoms with Crippen LogP contribution in [0.4, 0.5) is 17.6 Å². The molecular formula is C7H12F4O4S. The fourth-order valence-electron chi connectivity index (χ4n) is 1.06. The summed E-state index contributed by atoms with van der Waals surface area (Å²) >= 11 is 0. The topological polar surface area (TPSA) is 63.6 Å². The second-order valence-electron chi connectivity index (χ2n) is 3.18. The molecule has 98 valence electrons. The van der Waals surface area contributed by atoms with Crippen molar-refractivity contribution in [3.8, 4) is 0 Å². The van der Waals surface area contributed by atoms with Gasteiger partial charge in [0.05, 0.1) is 6.10 Å². The van der Waals surface area contributed by atoms with Crippen molar-refractivity contribution in [3.05, 3.63) is 0 Å². The van der Waals surface area contributed by atoms with Crippen LogP contribution < -0.4 is 0 Å². The monoisotopic (exact) mass is 268 g/mol. The van der Waals surface area contributed by atoms with Gasteiger partial charge in [0, 0.05) is 6.42 Å². The van der Waals surface area contributed by atoms with Crippen LogP contribution in [0.2, 0.25) is 0 Å². The van der Waals surface area contributed by atoms with Gasteiger partial charge in [-0.15, -0.1) is 0 Å². The van der Waals surface area contributed by atoms with Gasteiger partial charge >= 0.3 is 16.6 Å². The molecule has 0 saturated carbocycles. The van der Waals surface area contributed by atoms with Crippen LogP contribution in [0.1, 0.15) is 26.2 Å². The Bertz CT molecular complexity index is 300. The normalized spacial score (nSPS) is 17.1. The van der Waals surface area contributed by atoms with E-state index in [-0.39, 0.29) is 6.42 Å². The molecule has 0 aliphatic rings. The maximum atomic E-state index is 12.6. The molecule has 0 aromatic heterocycles. The Kier molecular flexibility index (Phi) is 5.63. The molecule has 0 aromatic rings. The molecule has 0 aromatic carbocycles. The Hall–Kier alpha value is -0.410. The first-order chi connectivity index (χ1) is 7.06. The molecule has 0 fully saturated rings. The van der Waals surface area contributed by atoms with Crippen molar-refractivity contribution < 1.29 is 34.7 Å². The molecular weight excluding hydrogens is 256 g/mol. The zero-order valence-corrected chi connectivity index (χ0v) is 9.18. The van der Waals surface area contributed by atoms with Gasteiger partial charge in [-0.2, -0.15) is 21.6 Å². The maximum Gasteiger partial charge on any atom is 0.419 e. The third-order valence-corrected chi connectivity index (χ3v) is 2.21. The van der Waals surface area contributed by atoms with Crippen molar-refractivity contribution >= 4 is 10.4 Å². The molecule has 0 aliphatic heterocycles. The highest BCUT2D eigenvalue weighted by atomic mass is 32.3. The highest BCUT2D eigenvalue weighted by Crippen LogP contribution is 2.28. The molecule has 0 amide bonds. The van der Waals surface area contributed by atoms with Crippen LogP contribution in [0.5, 0.6) is 0 Å². The summed E-state index contributed by atoms with van der Waals surface area (Å²) < 4.78 is 80.9. The zero-order chi connectivity index (χ0) is 13.0. The van der Waals surface area contributed by atoms with Crippen LogP contribution in [0.25, 0.3) is 0 Å². The Morgan fingerprint density at radius 3 is 2.19 bits per heavy atom. The smallest absolute Gasteiger partial charge is 0.264 e. The van der Waals surface area contributed by atoms with Crippen molar-refractivity contribution in [2.24, 2.45) is 0 Å². The van der Waals surface area contributed by atoms with Crippen LogP contribution >= 0.6 is 0 Å². The first kappa shape index (κ1) is 15.6. The maximum absolute atomic E-state index is 12.6. The molecule has 4 nitrogen and oxygen atoms in total. The minimum absolute atomic E-state index is 0.101. The Morgan fingerprint density at radius 2 is 1.88 bits per heavy atom. The van der Waals surface area contributed by atoms with E-state index in [1.54, 1.807) is 6.92 Å². The molecule has 0 heterocycles. The van der Waals surface area contributed by atoms with Crippen LogP contribution in [-0.2, 0) is 14.6 Å². The average Bonchev–Trinajstić information content (AvgIpc) is 1.99. The van der Waals surface area contributed by atoms with E-state index in [9.17, 15) is 26.0 Å². The van der Waals surface area contributed by atoms with Crippen molar-refractivity contribution in [3.63, 3.8) is 0 Å². The minimum atomic E-state index is -5.06. The van der Waals surface area contributed by atoms with Gasteiger partial charge in [-0.25, -0.2) is 8.57 Å². The molecule has 0 rings (SSSR count). The van der Waals surface area contributed by atoms with Gasteiger partial charge in [-0.3, -0.25) is 4.55 Å². The average molecular weight is 268 g/mol. The molecule has 0 aliphatic carbocycles. The largest absolute Gasteiger partial charge is 0.419 e. The number of halogens is 4. The van der Waals surface area contributed by atoms with Crippen LogP contribution in [0.15, 0.2) is 0 Å². The fraction of sp³-hybridized carbons (Fsp3) is 1.00. The quantitative estimate of drug-likeness (QED) is 0.593. The molecule has 0 bridgehead atoms. The Morgan fingerprint density at radius 1 is 1.38 bits per heavy atom. The summed E-state index contributed by atoms with van der Waals surface area (Å²) in [6, 6.07) is 0. The highest BCUT2D eigenvalue weighted by molar-refractivity contribution is 7.80. The van der Waals surface area contributed by atoms with Gasteiger partial charge in [0.15, 0.2) is 6.17 Å². The number of hydrogen-bond acceptors (Lipinski definition) is 3. The SMILES string of the molecule is CCCC(CC(F)C(F)(F)F)OS(=O)(=O)O. The third-order valence-electron chi connectivity index (χ3n) is 1.69. The predicted molar refractivity (Wildman–Crippen MR) is 46.9 cm³/mol. The molecule has 0 radical (unpaired) electrons. The van der Waals surface area contributed by atoms with E-state index in [4.69, 9.17) is 4.55 Å². The molecule has 0 saturated heterocycles. The Labute approximate surface area is 90.5 Å². The standard InChI is InChI=1S/C7H12F4O4S/c1-2-3-5(15-16(12,13)14)4-6(8)7(9,10)11/h5-6H,2-4H2,1H3,(H,12,13,14). The lowest BCUT2D eigenvalue weighted by atomic mass is 10.1.